The summed E-state index contributed by atoms with van der Waals surface area (Å²) in [6, 6.07) is 12.6. The number of benzene rings is 2. The first-order chi connectivity index (χ1) is 14.1. The highest BCUT2D eigenvalue weighted by atomic mass is 32.2. The van der Waals surface area contributed by atoms with E-state index in [9.17, 15) is 4.79 Å². The fourth-order valence-electron chi connectivity index (χ4n) is 3.49. The molecule has 0 bridgehead atoms. The molecule has 0 saturated heterocycles. The van der Waals surface area contributed by atoms with Gasteiger partial charge in [-0.1, -0.05) is 74.5 Å². The van der Waals surface area contributed by atoms with Crippen molar-refractivity contribution in [3.63, 3.8) is 0 Å². The predicted molar refractivity (Wildman–Crippen MR) is 125 cm³/mol. The van der Waals surface area contributed by atoms with E-state index >= 15 is 0 Å². The number of hydrogen-bond donors (Lipinski definition) is 1. The van der Waals surface area contributed by atoms with E-state index in [0.29, 0.717) is 0 Å². The van der Waals surface area contributed by atoms with Gasteiger partial charge in [0.25, 0.3) is 0 Å². The highest BCUT2D eigenvalue weighted by Crippen LogP contribution is 2.27. The van der Waals surface area contributed by atoms with Gasteiger partial charge in [0, 0.05) is 18.3 Å². The quantitative estimate of drug-likeness (QED) is 0.557. The van der Waals surface area contributed by atoms with Gasteiger partial charge in [-0.05, 0) is 42.9 Å². The number of anilines is 1. The van der Waals surface area contributed by atoms with Crippen molar-refractivity contribution in [1.82, 2.24) is 14.8 Å². The van der Waals surface area contributed by atoms with Gasteiger partial charge in [0.05, 0.1) is 5.75 Å². The molecule has 2 aromatic carbocycles. The Balaban J connectivity index is 1.68. The highest BCUT2D eigenvalue weighted by Gasteiger charge is 2.16. The number of hydrogen-bond acceptors (Lipinski definition) is 4. The van der Waals surface area contributed by atoms with Gasteiger partial charge < -0.3 is 9.88 Å². The molecule has 3 aromatic rings. The molecule has 1 N–H and O–H groups in total. The van der Waals surface area contributed by atoms with Crippen LogP contribution in [0.25, 0.3) is 11.4 Å². The standard InChI is InChI=1S/C24H30N4OS/c1-15-12-16(2)21(17(3)13-15)25-20(29)14-30-23-27-26-22(28(23)7)18-8-10-19(11-9-18)24(4,5)6/h8-13H,14H2,1-7H3,(H,25,29). The second kappa shape index (κ2) is 8.64. The lowest BCUT2D eigenvalue weighted by Gasteiger charge is -2.19. The molecule has 0 spiro atoms. The van der Waals surface area contributed by atoms with E-state index in [1.54, 1.807) is 0 Å². The second-order valence-corrected chi connectivity index (χ2v) is 9.75. The Morgan fingerprint density at radius 1 is 1.03 bits per heavy atom. The molecule has 0 unspecified atom stereocenters. The predicted octanol–water partition coefficient (Wildman–Crippen LogP) is 5.44. The summed E-state index contributed by atoms with van der Waals surface area (Å²) < 4.78 is 1.94. The van der Waals surface area contributed by atoms with Gasteiger partial charge in [0.15, 0.2) is 11.0 Å². The van der Waals surface area contributed by atoms with Crippen LogP contribution >= 0.6 is 11.8 Å². The van der Waals surface area contributed by atoms with Gasteiger partial charge in [0.1, 0.15) is 0 Å². The van der Waals surface area contributed by atoms with Crippen molar-refractivity contribution in [2.45, 2.75) is 52.1 Å². The maximum Gasteiger partial charge on any atom is 0.234 e. The van der Waals surface area contributed by atoms with Gasteiger partial charge in [-0.2, -0.15) is 0 Å². The van der Waals surface area contributed by atoms with Crippen LogP contribution in [0.5, 0.6) is 0 Å². The highest BCUT2D eigenvalue weighted by molar-refractivity contribution is 7.99. The van der Waals surface area contributed by atoms with Crippen LogP contribution < -0.4 is 5.32 Å². The molecule has 0 atom stereocenters. The van der Waals surface area contributed by atoms with Crippen LogP contribution in [-0.2, 0) is 17.3 Å². The molecule has 5 nitrogen and oxygen atoms in total. The van der Waals surface area contributed by atoms with Crippen molar-refractivity contribution in [3.8, 4) is 11.4 Å². The topological polar surface area (TPSA) is 59.8 Å². The monoisotopic (exact) mass is 422 g/mol. The number of carbonyl (C=O) groups excluding carboxylic acids is 1. The summed E-state index contributed by atoms with van der Waals surface area (Å²) >= 11 is 1.39. The number of thioether (sulfide) groups is 1. The van der Waals surface area contributed by atoms with Crippen LogP contribution in [0.2, 0.25) is 0 Å². The number of amides is 1. The molecule has 0 aliphatic carbocycles. The van der Waals surface area contributed by atoms with Crippen molar-refractivity contribution in [3.05, 3.63) is 58.7 Å². The van der Waals surface area contributed by atoms with Gasteiger partial charge in [-0.15, -0.1) is 10.2 Å². The van der Waals surface area contributed by atoms with Gasteiger partial charge in [-0.3, -0.25) is 4.79 Å². The van der Waals surface area contributed by atoms with Crippen LogP contribution in [-0.4, -0.2) is 26.4 Å². The van der Waals surface area contributed by atoms with Gasteiger partial charge in [-0.25, -0.2) is 0 Å². The minimum atomic E-state index is -0.0471. The molecule has 0 aliphatic heterocycles. The number of aromatic nitrogens is 3. The molecule has 3 rings (SSSR count). The zero-order chi connectivity index (χ0) is 22.1. The first-order valence-electron chi connectivity index (χ1n) is 10.1. The maximum absolute atomic E-state index is 12.5. The second-order valence-electron chi connectivity index (χ2n) is 8.80. The molecular weight excluding hydrogens is 392 g/mol. The van der Waals surface area contributed by atoms with Crippen LogP contribution in [0.4, 0.5) is 5.69 Å². The summed E-state index contributed by atoms with van der Waals surface area (Å²) in [6.45, 7) is 12.7. The Bertz CT molecular complexity index is 1040. The summed E-state index contributed by atoms with van der Waals surface area (Å²) in [5.41, 5.74) is 6.64. The van der Waals surface area contributed by atoms with Crippen molar-refractivity contribution in [2.24, 2.45) is 7.05 Å². The average Bonchev–Trinajstić information content (AvgIpc) is 3.03. The Morgan fingerprint density at radius 2 is 1.63 bits per heavy atom. The third-order valence-electron chi connectivity index (χ3n) is 5.12. The molecule has 1 amide bonds. The van der Waals surface area contributed by atoms with Gasteiger partial charge in [0.2, 0.25) is 5.91 Å². The average molecular weight is 423 g/mol. The van der Waals surface area contributed by atoms with Crippen molar-refractivity contribution >= 4 is 23.4 Å². The Hall–Kier alpha value is -2.60. The molecule has 0 radical (unpaired) electrons. The summed E-state index contributed by atoms with van der Waals surface area (Å²) in [5, 5.41) is 12.4. The molecule has 1 heterocycles. The fraction of sp³-hybridized carbons (Fsp3) is 0.375. The number of rotatable bonds is 5. The molecular formula is C24H30N4OS. The van der Waals surface area contributed by atoms with E-state index in [-0.39, 0.29) is 17.1 Å². The normalized spacial score (nSPS) is 11.6. The summed E-state index contributed by atoms with van der Waals surface area (Å²) in [7, 11) is 1.93. The Morgan fingerprint density at radius 3 is 2.20 bits per heavy atom. The van der Waals surface area contributed by atoms with Crippen molar-refractivity contribution < 1.29 is 4.79 Å². The first-order valence-corrected chi connectivity index (χ1v) is 11.1. The molecule has 30 heavy (non-hydrogen) atoms. The molecule has 6 heteroatoms. The lowest BCUT2D eigenvalue weighted by Crippen LogP contribution is -2.16. The SMILES string of the molecule is Cc1cc(C)c(NC(=O)CSc2nnc(-c3ccc(C(C)(C)C)cc3)n2C)c(C)c1. The Kier molecular flexibility index (Phi) is 6.36. The number of nitrogens with zero attached hydrogens (tertiary/aromatic N) is 3. The largest absolute Gasteiger partial charge is 0.325 e. The fourth-order valence-corrected chi connectivity index (χ4v) is 4.21. The third-order valence-corrected chi connectivity index (χ3v) is 6.14. The van der Waals surface area contributed by atoms with E-state index in [1.165, 1.54) is 22.9 Å². The number of aryl methyl sites for hydroxylation is 3. The van der Waals surface area contributed by atoms with Crippen molar-refractivity contribution in [1.29, 1.82) is 0 Å². The van der Waals surface area contributed by atoms with Crippen LogP contribution in [0, 0.1) is 20.8 Å². The van der Waals surface area contributed by atoms with Crippen LogP contribution in [0.15, 0.2) is 41.6 Å². The third kappa shape index (κ3) is 4.93. The summed E-state index contributed by atoms with van der Waals surface area (Å²) in [6.07, 6.45) is 0. The zero-order valence-electron chi connectivity index (χ0n) is 18.8. The summed E-state index contributed by atoms with van der Waals surface area (Å²) in [5.74, 6) is 1.03. The lowest BCUT2D eigenvalue weighted by molar-refractivity contribution is -0.113. The zero-order valence-corrected chi connectivity index (χ0v) is 19.6. The molecule has 1 aromatic heterocycles. The number of carbonyl (C=O) groups is 1. The lowest BCUT2D eigenvalue weighted by atomic mass is 9.87. The van der Waals surface area contributed by atoms with E-state index in [1.807, 2.05) is 25.5 Å². The van der Waals surface area contributed by atoms with E-state index in [0.717, 1.165) is 33.4 Å². The molecule has 0 saturated carbocycles. The minimum Gasteiger partial charge on any atom is -0.325 e. The van der Waals surface area contributed by atoms with Gasteiger partial charge >= 0.3 is 0 Å². The number of nitrogens with one attached hydrogen (secondary N) is 1. The van der Waals surface area contributed by atoms with Crippen LogP contribution in [0.1, 0.15) is 43.0 Å². The van der Waals surface area contributed by atoms with Crippen molar-refractivity contribution in [2.75, 3.05) is 11.1 Å². The molecule has 158 valence electrons. The Labute approximate surface area is 183 Å². The minimum absolute atomic E-state index is 0.0471. The van der Waals surface area contributed by atoms with E-state index in [2.05, 4.69) is 79.6 Å². The molecule has 0 fully saturated rings. The smallest absolute Gasteiger partial charge is 0.234 e. The van der Waals surface area contributed by atoms with Crippen LogP contribution in [0.3, 0.4) is 0 Å². The van der Waals surface area contributed by atoms with E-state index in [4.69, 9.17) is 0 Å². The maximum atomic E-state index is 12.5. The molecule has 0 aliphatic rings. The first kappa shape index (κ1) is 22.1. The summed E-state index contributed by atoms with van der Waals surface area (Å²) in [4.78, 5) is 12.5. The van der Waals surface area contributed by atoms with E-state index < -0.39 is 0 Å².